The fourth-order valence-electron chi connectivity index (χ4n) is 4.28. The fraction of sp³-hybridized carbons (Fsp3) is 0.500. The van der Waals surface area contributed by atoms with E-state index in [0.717, 1.165) is 0 Å². The van der Waals surface area contributed by atoms with Crippen LogP contribution in [0.25, 0.3) is 11.4 Å². The molecule has 0 spiro atoms. The van der Waals surface area contributed by atoms with Gasteiger partial charge in [-0.05, 0) is 38.7 Å². The van der Waals surface area contributed by atoms with Crippen LogP contribution in [0.4, 0.5) is 4.79 Å². The van der Waals surface area contributed by atoms with Crippen molar-refractivity contribution in [2.75, 3.05) is 32.8 Å². The summed E-state index contributed by atoms with van der Waals surface area (Å²) >= 11 is 0. The molecule has 2 unspecified atom stereocenters. The number of aliphatic carboxylic acids is 1. The molecule has 1 fully saturated rings. The van der Waals surface area contributed by atoms with Gasteiger partial charge in [0, 0.05) is 43.9 Å². The SMILES string of the molecule is CCOC(=O)N1CCN(C(=O)C(CCC(=O)O)NC(=O)c2cc(CCC(O)CC)nc(-c3ccccc3)n2)CC1. The monoisotopic (exact) mass is 555 g/mol. The highest BCUT2D eigenvalue weighted by atomic mass is 16.6. The van der Waals surface area contributed by atoms with Gasteiger partial charge in [0.15, 0.2) is 5.82 Å². The highest BCUT2D eigenvalue weighted by Crippen LogP contribution is 2.18. The van der Waals surface area contributed by atoms with Gasteiger partial charge in [0.1, 0.15) is 11.7 Å². The van der Waals surface area contributed by atoms with Gasteiger partial charge in [-0.3, -0.25) is 14.4 Å². The Morgan fingerprint density at radius 1 is 1.00 bits per heavy atom. The molecule has 3 N–H and O–H groups in total. The summed E-state index contributed by atoms with van der Waals surface area (Å²) < 4.78 is 5.01. The molecule has 3 amide bonds. The zero-order valence-corrected chi connectivity index (χ0v) is 22.9. The van der Waals surface area contributed by atoms with E-state index in [0.29, 0.717) is 36.3 Å². The predicted octanol–water partition coefficient (Wildman–Crippen LogP) is 2.11. The van der Waals surface area contributed by atoms with E-state index in [9.17, 15) is 29.4 Å². The first-order valence-electron chi connectivity index (χ1n) is 13.6. The number of carboxylic acid groups (broad SMARTS) is 1. The molecule has 2 atom stereocenters. The molecule has 3 rings (SSSR count). The predicted molar refractivity (Wildman–Crippen MR) is 145 cm³/mol. The average molecular weight is 556 g/mol. The van der Waals surface area contributed by atoms with Gasteiger partial charge >= 0.3 is 12.1 Å². The molecule has 216 valence electrons. The van der Waals surface area contributed by atoms with E-state index in [-0.39, 0.29) is 51.3 Å². The lowest BCUT2D eigenvalue weighted by molar-refractivity contribution is -0.138. The van der Waals surface area contributed by atoms with Gasteiger partial charge in [-0.1, -0.05) is 37.3 Å². The zero-order valence-electron chi connectivity index (χ0n) is 22.9. The van der Waals surface area contributed by atoms with Gasteiger partial charge < -0.3 is 30.1 Å². The van der Waals surface area contributed by atoms with Crippen molar-refractivity contribution < 1.29 is 34.1 Å². The summed E-state index contributed by atoms with van der Waals surface area (Å²) in [4.78, 5) is 62.1. The van der Waals surface area contributed by atoms with Crippen molar-refractivity contribution in [3.05, 3.63) is 47.8 Å². The van der Waals surface area contributed by atoms with Crippen LogP contribution >= 0.6 is 0 Å². The van der Waals surface area contributed by atoms with Crippen LogP contribution in [0.5, 0.6) is 0 Å². The summed E-state index contributed by atoms with van der Waals surface area (Å²) in [6, 6.07) is 9.57. The highest BCUT2D eigenvalue weighted by Gasteiger charge is 2.31. The van der Waals surface area contributed by atoms with Crippen LogP contribution in [0.15, 0.2) is 36.4 Å². The number of rotatable bonds is 12. The first kappa shape index (κ1) is 30.5. The van der Waals surface area contributed by atoms with Crippen LogP contribution in [0, 0.1) is 0 Å². The average Bonchev–Trinajstić information content (AvgIpc) is 2.97. The number of piperazine rings is 1. The van der Waals surface area contributed by atoms with Crippen molar-refractivity contribution in [3.63, 3.8) is 0 Å². The van der Waals surface area contributed by atoms with Gasteiger partial charge in [-0.15, -0.1) is 0 Å². The van der Waals surface area contributed by atoms with Crippen molar-refractivity contribution >= 4 is 23.9 Å². The Kier molecular flexibility index (Phi) is 11.4. The summed E-state index contributed by atoms with van der Waals surface area (Å²) in [7, 11) is 0. The number of amides is 3. The summed E-state index contributed by atoms with van der Waals surface area (Å²) in [5, 5.41) is 21.9. The molecule has 0 bridgehead atoms. The Morgan fingerprint density at radius 2 is 1.68 bits per heavy atom. The molecule has 1 aliphatic heterocycles. The van der Waals surface area contributed by atoms with E-state index in [1.807, 2.05) is 37.3 Å². The number of carbonyl (C=O) groups excluding carboxylic acids is 3. The third kappa shape index (κ3) is 8.73. The maximum absolute atomic E-state index is 13.4. The van der Waals surface area contributed by atoms with Crippen LogP contribution in [-0.4, -0.2) is 98.8 Å². The first-order chi connectivity index (χ1) is 19.2. The molecule has 40 heavy (non-hydrogen) atoms. The standard InChI is InChI=1S/C28H37N5O7/c1-3-21(34)11-10-20-18-23(30-25(29-20)19-8-6-5-7-9-19)26(37)31-22(12-13-24(35)36)27(38)32-14-16-33(17-15-32)28(39)40-4-2/h5-9,18,21-22,34H,3-4,10-17H2,1-2H3,(H,31,37)(H,35,36). The van der Waals surface area contributed by atoms with Crippen LogP contribution in [0.3, 0.4) is 0 Å². The second-order valence-corrected chi connectivity index (χ2v) is 9.50. The Labute approximate surface area is 233 Å². The number of aliphatic hydroxyl groups is 1. The van der Waals surface area contributed by atoms with Crippen LogP contribution in [-0.2, 0) is 20.7 Å². The molecule has 2 aromatic rings. The quantitative estimate of drug-likeness (QED) is 0.356. The summed E-state index contributed by atoms with van der Waals surface area (Å²) in [5.41, 5.74) is 1.30. The molecule has 1 aliphatic rings. The normalized spacial score (nSPS) is 14.8. The number of benzene rings is 1. The molecule has 1 saturated heterocycles. The Hall–Kier alpha value is -4.06. The number of aromatic nitrogens is 2. The number of aliphatic hydroxyl groups excluding tert-OH is 1. The van der Waals surface area contributed by atoms with E-state index in [1.54, 1.807) is 6.92 Å². The minimum Gasteiger partial charge on any atom is -0.481 e. The minimum atomic E-state index is -1.10. The number of nitrogens with zero attached hydrogens (tertiary/aromatic N) is 4. The molecule has 0 radical (unpaired) electrons. The highest BCUT2D eigenvalue weighted by molar-refractivity contribution is 5.96. The second kappa shape index (κ2) is 14.9. The van der Waals surface area contributed by atoms with E-state index >= 15 is 0 Å². The number of carboxylic acids is 1. The van der Waals surface area contributed by atoms with Crippen LogP contribution in [0.1, 0.15) is 55.7 Å². The van der Waals surface area contributed by atoms with Crippen molar-refractivity contribution in [2.45, 2.75) is 58.1 Å². The topological polar surface area (TPSA) is 162 Å². The number of nitrogens with one attached hydrogen (secondary N) is 1. The summed E-state index contributed by atoms with van der Waals surface area (Å²) in [6.07, 6.45) is 0.0819. The largest absolute Gasteiger partial charge is 0.481 e. The number of hydrogen-bond acceptors (Lipinski definition) is 8. The Balaban J connectivity index is 1.80. The molecule has 0 saturated carbocycles. The number of aryl methyl sites for hydroxylation is 1. The van der Waals surface area contributed by atoms with E-state index in [1.165, 1.54) is 15.9 Å². The van der Waals surface area contributed by atoms with Crippen LogP contribution in [0.2, 0.25) is 0 Å². The molecule has 12 heteroatoms. The van der Waals surface area contributed by atoms with E-state index in [4.69, 9.17) is 4.74 Å². The molecule has 1 aromatic heterocycles. The smallest absolute Gasteiger partial charge is 0.409 e. The summed E-state index contributed by atoms with van der Waals surface area (Å²) in [6.45, 7) is 4.83. The van der Waals surface area contributed by atoms with Gasteiger partial charge in [0.2, 0.25) is 5.91 Å². The third-order valence-corrected chi connectivity index (χ3v) is 6.62. The maximum Gasteiger partial charge on any atom is 0.409 e. The van der Waals surface area contributed by atoms with Crippen molar-refractivity contribution in [3.8, 4) is 11.4 Å². The van der Waals surface area contributed by atoms with E-state index in [2.05, 4.69) is 15.3 Å². The molecule has 1 aromatic carbocycles. The number of carbonyl (C=O) groups is 4. The molecular formula is C28H37N5O7. The van der Waals surface area contributed by atoms with Crippen molar-refractivity contribution in [1.82, 2.24) is 25.1 Å². The molecule has 0 aliphatic carbocycles. The van der Waals surface area contributed by atoms with E-state index < -0.39 is 36.0 Å². The zero-order chi connectivity index (χ0) is 29.1. The third-order valence-electron chi connectivity index (χ3n) is 6.62. The maximum atomic E-state index is 13.4. The van der Waals surface area contributed by atoms with Gasteiger partial charge in [0.25, 0.3) is 5.91 Å². The fourth-order valence-corrected chi connectivity index (χ4v) is 4.28. The lowest BCUT2D eigenvalue weighted by Crippen LogP contribution is -2.56. The number of ether oxygens (including phenoxy) is 1. The second-order valence-electron chi connectivity index (χ2n) is 9.50. The lowest BCUT2D eigenvalue weighted by Gasteiger charge is -2.35. The first-order valence-corrected chi connectivity index (χ1v) is 13.6. The minimum absolute atomic E-state index is 0.0371. The van der Waals surface area contributed by atoms with Gasteiger partial charge in [0.05, 0.1) is 12.7 Å². The van der Waals surface area contributed by atoms with Gasteiger partial charge in [-0.25, -0.2) is 14.8 Å². The van der Waals surface area contributed by atoms with Crippen LogP contribution < -0.4 is 5.32 Å². The molecular weight excluding hydrogens is 518 g/mol. The van der Waals surface area contributed by atoms with Gasteiger partial charge in [-0.2, -0.15) is 0 Å². The molecule has 2 heterocycles. The van der Waals surface area contributed by atoms with Crippen molar-refractivity contribution in [1.29, 1.82) is 0 Å². The Morgan fingerprint density at radius 3 is 2.30 bits per heavy atom. The number of hydrogen-bond donors (Lipinski definition) is 3. The Bertz CT molecular complexity index is 1170. The molecule has 12 nitrogen and oxygen atoms in total. The lowest BCUT2D eigenvalue weighted by atomic mass is 10.1. The summed E-state index contributed by atoms with van der Waals surface area (Å²) in [5.74, 6) is -1.82. The van der Waals surface area contributed by atoms with Crippen molar-refractivity contribution in [2.24, 2.45) is 0 Å².